The first kappa shape index (κ1) is 12.0. The largest absolute Gasteiger partial charge is 0.387 e. The van der Waals surface area contributed by atoms with Crippen LogP contribution < -0.4 is 5.32 Å². The second-order valence-electron chi connectivity index (χ2n) is 4.25. The summed E-state index contributed by atoms with van der Waals surface area (Å²) in [4.78, 5) is 11.9. The van der Waals surface area contributed by atoms with Crippen LogP contribution in [0.1, 0.15) is 40.5 Å². The molecule has 0 amide bonds. The van der Waals surface area contributed by atoms with Gasteiger partial charge in [0, 0.05) is 6.54 Å². The zero-order chi connectivity index (χ0) is 11.5. The molecule has 1 heterocycles. The predicted molar refractivity (Wildman–Crippen MR) is 63.5 cm³/mol. The van der Waals surface area contributed by atoms with Gasteiger partial charge in [0.2, 0.25) is 0 Å². The van der Waals surface area contributed by atoms with Gasteiger partial charge in [0.1, 0.15) is 5.78 Å². The zero-order valence-corrected chi connectivity index (χ0v) is 10.2. The number of hydrogen-bond donors (Lipinski definition) is 1. The average Bonchev–Trinajstić information content (AvgIpc) is 2.22. The molecule has 0 saturated heterocycles. The van der Waals surface area contributed by atoms with Crippen molar-refractivity contribution in [3.63, 3.8) is 0 Å². The Labute approximate surface area is 92.4 Å². The standard InChI is InChI=1S/C13H21NO/c1-5-13(6-2,11(4)15)12-7-8-14-9-10(12)3/h7-8,14H,5-6,9H2,1-4H3. The number of nitrogens with one attached hydrogen (secondary N) is 1. The minimum Gasteiger partial charge on any atom is -0.387 e. The predicted octanol–water partition coefficient (Wildman–Crippen LogP) is 2.82. The van der Waals surface area contributed by atoms with E-state index in [0.29, 0.717) is 0 Å². The van der Waals surface area contributed by atoms with Crippen LogP contribution in [-0.2, 0) is 4.79 Å². The van der Waals surface area contributed by atoms with Gasteiger partial charge < -0.3 is 5.32 Å². The van der Waals surface area contributed by atoms with Gasteiger partial charge in [0.05, 0.1) is 5.41 Å². The van der Waals surface area contributed by atoms with Gasteiger partial charge in [-0.2, -0.15) is 0 Å². The fraction of sp³-hybridized carbons (Fsp3) is 0.615. The molecule has 0 unspecified atom stereocenters. The third-order valence-electron chi connectivity index (χ3n) is 3.59. The van der Waals surface area contributed by atoms with Gasteiger partial charge in [-0.25, -0.2) is 0 Å². The van der Waals surface area contributed by atoms with E-state index in [4.69, 9.17) is 0 Å². The number of Topliss-reactive ketones (excluding diaryl/α,β-unsaturated/α-hetero) is 1. The number of rotatable bonds is 4. The first-order chi connectivity index (χ1) is 7.08. The molecule has 0 radical (unpaired) electrons. The number of carbonyl (C=O) groups is 1. The molecule has 0 bridgehead atoms. The van der Waals surface area contributed by atoms with Crippen molar-refractivity contribution in [3.8, 4) is 0 Å². The van der Waals surface area contributed by atoms with E-state index in [0.717, 1.165) is 19.4 Å². The van der Waals surface area contributed by atoms with Crippen LogP contribution in [0.4, 0.5) is 0 Å². The minimum absolute atomic E-state index is 0.261. The highest BCUT2D eigenvalue weighted by molar-refractivity contribution is 5.86. The Balaban J connectivity index is 3.20. The summed E-state index contributed by atoms with van der Waals surface area (Å²) in [6.45, 7) is 8.88. The van der Waals surface area contributed by atoms with Gasteiger partial charge in [-0.15, -0.1) is 0 Å². The smallest absolute Gasteiger partial charge is 0.140 e. The summed E-state index contributed by atoms with van der Waals surface area (Å²) in [5.74, 6) is 0.286. The van der Waals surface area contributed by atoms with Crippen LogP contribution in [0.25, 0.3) is 0 Å². The first-order valence-electron chi connectivity index (χ1n) is 5.69. The number of carbonyl (C=O) groups excluding carboxylic acids is 1. The summed E-state index contributed by atoms with van der Waals surface area (Å²) in [6.07, 6.45) is 5.78. The molecule has 1 rings (SSSR count). The second-order valence-corrected chi connectivity index (χ2v) is 4.25. The van der Waals surface area contributed by atoms with Crippen LogP contribution in [0.2, 0.25) is 0 Å². The summed E-state index contributed by atoms with van der Waals surface area (Å²) in [7, 11) is 0. The van der Waals surface area contributed by atoms with E-state index in [1.165, 1.54) is 11.1 Å². The second kappa shape index (κ2) is 4.65. The average molecular weight is 207 g/mol. The van der Waals surface area contributed by atoms with Crippen molar-refractivity contribution in [1.82, 2.24) is 5.32 Å². The SMILES string of the molecule is CCC(CC)(C(C)=O)C1=C(C)CNC=C1. The maximum Gasteiger partial charge on any atom is 0.140 e. The molecule has 0 fully saturated rings. The quantitative estimate of drug-likeness (QED) is 0.768. The Bertz CT molecular complexity index is 308. The molecule has 1 N–H and O–H groups in total. The minimum atomic E-state index is -0.261. The van der Waals surface area contributed by atoms with Crippen molar-refractivity contribution >= 4 is 5.78 Å². The monoisotopic (exact) mass is 207 g/mol. The van der Waals surface area contributed by atoms with Gasteiger partial charge in [0.15, 0.2) is 0 Å². The van der Waals surface area contributed by atoms with Crippen LogP contribution in [0.3, 0.4) is 0 Å². The van der Waals surface area contributed by atoms with E-state index in [-0.39, 0.29) is 11.2 Å². The lowest BCUT2D eigenvalue weighted by Gasteiger charge is -2.33. The molecule has 0 saturated carbocycles. The highest BCUT2D eigenvalue weighted by atomic mass is 16.1. The molecule has 2 heteroatoms. The lowest BCUT2D eigenvalue weighted by atomic mass is 9.70. The molecule has 0 spiro atoms. The molecule has 84 valence electrons. The Hall–Kier alpha value is -1.05. The Morgan fingerprint density at radius 3 is 2.47 bits per heavy atom. The molecule has 0 atom stereocenters. The lowest BCUT2D eigenvalue weighted by Crippen LogP contribution is -2.32. The molecular formula is C13H21NO. The first-order valence-corrected chi connectivity index (χ1v) is 5.69. The van der Waals surface area contributed by atoms with Crippen LogP contribution in [-0.4, -0.2) is 12.3 Å². The van der Waals surface area contributed by atoms with E-state index in [1.54, 1.807) is 6.92 Å². The molecule has 0 aliphatic carbocycles. The molecule has 2 nitrogen and oxygen atoms in total. The van der Waals surface area contributed by atoms with E-state index >= 15 is 0 Å². The van der Waals surface area contributed by atoms with Crippen molar-refractivity contribution in [2.75, 3.05) is 6.54 Å². The maximum absolute atomic E-state index is 11.9. The van der Waals surface area contributed by atoms with Gasteiger partial charge in [0.25, 0.3) is 0 Å². The summed E-state index contributed by atoms with van der Waals surface area (Å²) in [6, 6.07) is 0. The highest BCUT2D eigenvalue weighted by Gasteiger charge is 2.35. The van der Waals surface area contributed by atoms with E-state index in [2.05, 4.69) is 32.2 Å². The summed E-state index contributed by atoms with van der Waals surface area (Å²) in [5, 5.41) is 3.17. The Morgan fingerprint density at radius 1 is 1.47 bits per heavy atom. The van der Waals surface area contributed by atoms with Crippen molar-refractivity contribution in [2.45, 2.75) is 40.5 Å². The third kappa shape index (κ3) is 1.99. The lowest BCUT2D eigenvalue weighted by molar-refractivity contribution is -0.124. The maximum atomic E-state index is 11.9. The molecule has 0 aromatic carbocycles. The molecule has 0 aromatic heterocycles. The van der Waals surface area contributed by atoms with E-state index < -0.39 is 0 Å². The molecule has 1 aliphatic rings. The fourth-order valence-electron chi connectivity index (χ4n) is 2.48. The van der Waals surface area contributed by atoms with Crippen molar-refractivity contribution in [1.29, 1.82) is 0 Å². The van der Waals surface area contributed by atoms with Crippen LogP contribution in [0.15, 0.2) is 23.4 Å². The van der Waals surface area contributed by atoms with Gasteiger partial charge >= 0.3 is 0 Å². The van der Waals surface area contributed by atoms with Crippen LogP contribution in [0, 0.1) is 5.41 Å². The van der Waals surface area contributed by atoms with Crippen molar-refractivity contribution in [3.05, 3.63) is 23.4 Å². The Kier molecular flexibility index (Phi) is 3.72. The zero-order valence-electron chi connectivity index (χ0n) is 10.2. The summed E-state index contributed by atoms with van der Waals surface area (Å²) >= 11 is 0. The number of allylic oxidation sites excluding steroid dienone is 2. The normalized spacial score (nSPS) is 16.5. The number of hydrogen-bond acceptors (Lipinski definition) is 2. The van der Waals surface area contributed by atoms with E-state index in [1.807, 2.05) is 6.20 Å². The molecule has 15 heavy (non-hydrogen) atoms. The fourth-order valence-corrected chi connectivity index (χ4v) is 2.48. The topological polar surface area (TPSA) is 29.1 Å². The van der Waals surface area contributed by atoms with Gasteiger partial charge in [-0.1, -0.05) is 19.4 Å². The van der Waals surface area contributed by atoms with Crippen molar-refractivity contribution in [2.24, 2.45) is 5.41 Å². The van der Waals surface area contributed by atoms with Crippen LogP contribution >= 0.6 is 0 Å². The molecule has 0 aromatic rings. The van der Waals surface area contributed by atoms with Crippen molar-refractivity contribution < 1.29 is 4.79 Å². The highest BCUT2D eigenvalue weighted by Crippen LogP contribution is 2.39. The molecular weight excluding hydrogens is 186 g/mol. The number of ketones is 1. The Morgan fingerprint density at radius 2 is 2.07 bits per heavy atom. The third-order valence-corrected chi connectivity index (χ3v) is 3.59. The molecule has 1 aliphatic heterocycles. The van der Waals surface area contributed by atoms with Gasteiger partial charge in [-0.05, 0) is 44.5 Å². The summed E-state index contributed by atoms with van der Waals surface area (Å²) < 4.78 is 0. The van der Waals surface area contributed by atoms with Gasteiger partial charge in [-0.3, -0.25) is 4.79 Å². The number of dihydropyridines is 1. The van der Waals surface area contributed by atoms with Crippen LogP contribution in [0.5, 0.6) is 0 Å². The van der Waals surface area contributed by atoms with E-state index in [9.17, 15) is 4.79 Å². The summed E-state index contributed by atoms with van der Waals surface area (Å²) in [5.41, 5.74) is 2.25.